The van der Waals surface area contributed by atoms with E-state index >= 15 is 0 Å². The zero-order valence-corrected chi connectivity index (χ0v) is 14.5. The average Bonchev–Trinajstić information content (AvgIpc) is 3.06. The minimum absolute atomic E-state index is 0.00703. The molecule has 6 nitrogen and oxygen atoms in total. The van der Waals surface area contributed by atoms with E-state index in [9.17, 15) is 22.0 Å². The first-order valence-corrected chi connectivity index (χ1v) is 9.75. The maximum atomic E-state index is 13.2. The van der Waals surface area contributed by atoms with Crippen molar-refractivity contribution < 1.29 is 22.0 Å². The van der Waals surface area contributed by atoms with E-state index in [1.54, 1.807) is 0 Å². The maximum Gasteiger partial charge on any atom is 0.253 e. The normalized spacial score (nSPS) is 23.6. The largest absolute Gasteiger partial charge is 0.338 e. The van der Waals surface area contributed by atoms with Crippen molar-refractivity contribution in [3.63, 3.8) is 0 Å². The van der Waals surface area contributed by atoms with Gasteiger partial charge in [-0.25, -0.2) is 21.9 Å². The van der Waals surface area contributed by atoms with Gasteiger partial charge in [0.1, 0.15) is 0 Å². The molecule has 1 aromatic rings. The third-order valence-corrected chi connectivity index (χ3v) is 6.07. The van der Waals surface area contributed by atoms with Gasteiger partial charge in [-0.05, 0) is 31.2 Å². The molecule has 0 radical (unpaired) electrons. The molecule has 2 N–H and O–H groups in total. The second-order valence-electron chi connectivity index (χ2n) is 6.49. The first kappa shape index (κ1) is 18.2. The molecule has 0 bridgehead atoms. The second-order valence-corrected chi connectivity index (χ2v) is 8.20. The summed E-state index contributed by atoms with van der Waals surface area (Å²) in [6.45, 7) is 1.26. The minimum Gasteiger partial charge on any atom is -0.338 e. The van der Waals surface area contributed by atoms with Gasteiger partial charge in [0.05, 0.1) is 4.90 Å². The highest BCUT2D eigenvalue weighted by Crippen LogP contribution is 2.28. The van der Waals surface area contributed by atoms with Crippen molar-refractivity contribution in [3.8, 4) is 0 Å². The molecule has 1 atom stereocenters. The third-order valence-electron chi connectivity index (χ3n) is 4.56. The van der Waals surface area contributed by atoms with Crippen molar-refractivity contribution in [1.29, 1.82) is 0 Å². The van der Waals surface area contributed by atoms with Gasteiger partial charge in [-0.3, -0.25) is 4.79 Å². The molecule has 0 aromatic heterocycles. The number of sulfonamides is 1. The molecular weight excluding hydrogens is 352 g/mol. The van der Waals surface area contributed by atoms with Crippen LogP contribution in [0, 0.1) is 0 Å². The summed E-state index contributed by atoms with van der Waals surface area (Å²) >= 11 is 0. The number of amides is 1. The lowest BCUT2D eigenvalue weighted by Gasteiger charge is -2.31. The van der Waals surface area contributed by atoms with E-state index in [0.29, 0.717) is 13.0 Å². The molecule has 25 heavy (non-hydrogen) atoms. The van der Waals surface area contributed by atoms with Gasteiger partial charge in [0.25, 0.3) is 11.8 Å². The van der Waals surface area contributed by atoms with Gasteiger partial charge in [-0.1, -0.05) is 6.07 Å². The van der Waals surface area contributed by atoms with Crippen molar-refractivity contribution in [2.24, 2.45) is 0 Å². The van der Waals surface area contributed by atoms with Crippen molar-refractivity contribution in [2.75, 3.05) is 26.2 Å². The summed E-state index contributed by atoms with van der Waals surface area (Å²) in [6, 6.07) is 5.55. The predicted molar refractivity (Wildman–Crippen MR) is 88.1 cm³/mol. The molecule has 9 heteroatoms. The van der Waals surface area contributed by atoms with Crippen LogP contribution in [0.15, 0.2) is 29.2 Å². The number of hydrogen-bond acceptors (Lipinski definition) is 4. The van der Waals surface area contributed by atoms with Gasteiger partial charge in [0, 0.05) is 44.1 Å². The van der Waals surface area contributed by atoms with Crippen LogP contribution in [0.5, 0.6) is 0 Å². The summed E-state index contributed by atoms with van der Waals surface area (Å²) in [6.07, 6.45) is -0.0280. The van der Waals surface area contributed by atoms with Crippen molar-refractivity contribution >= 4 is 15.9 Å². The van der Waals surface area contributed by atoms with Crippen LogP contribution in [0.4, 0.5) is 8.78 Å². The van der Waals surface area contributed by atoms with E-state index in [1.165, 1.54) is 29.2 Å². The van der Waals surface area contributed by atoms with Gasteiger partial charge in [-0.15, -0.1) is 0 Å². The van der Waals surface area contributed by atoms with Crippen LogP contribution in [0.3, 0.4) is 0 Å². The number of carbonyl (C=O) groups is 1. The Morgan fingerprint density at radius 3 is 2.64 bits per heavy atom. The molecule has 2 fully saturated rings. The average molecular weight is 373 g/mol. The van der Waals surface area contributed by atoms with Gasteiger partial charge in [-0.2, -0.15) is 0 Å². The zero-order chi connectivity index (χ0) is 18.1. The molecule has 0 spiro atoms. The molecule has 1 amide bonds. The summed E-state index contributed by atoms with van der Waals surface area (Å²) in [5, 5.41) is 3.08. The molecule has 138 valence electrons. The van der Waals surface area contributed by atoms with Gasteiger partial charge in [0.15, 0.2) is 0 Å². The second kappa shape index (κ2) is 6.97. The Bertz CT molecular complexity index is 739. The minimum atomic E-state index is -3.73. The summed E-state index contributed by atoms with van der Waals surface area (Å²) in [4.78, 5) is 13.8. The standard InChI is InChI=1S/C16H21F2N3O3S/c17-16(18)5-8-21(9-6-16)15(22)12-2-1-3-14(10-12)25(23,24)20-13-4-7-19-11-13/h1-3,10,13,19-20H,4-9,11H2/t13-/m1/s1. The lowest BCUT2D eigenvalue weighted by atomic mass is 10.1. The lowest BCUT2D eigenvalue weighted by molar-refractivity contribution is -0.0494. The maximum absolute atomic E-state index is 13.2. The van der Waals surface area contributed by atoms with Gasteiger partial charge in [0.2, 0.25) is 10.0 Å². The number of alkyl halides is 2. The highest BCUT2D eigenvalue weighted by atomic mass is 32.2. The lowest BCUT2D eigenvalue weighted by Crippen LogP contribution is -2.42. The number of halogens is 2. The number of nitrogens with one attached hydrogen (secondary N) is 2. The van der Waals surface area contributed by atoms with Crippen LogP contribution < -0.4 is 10.0 Å². The summed E-state index contributed by atoms with van der Waals surface area (Å²) < 4.78 is 54.0. The van der Waals surface area contributed by atoms with E-state index in [-0.39, 0.29) is 42.4 Å². The Morgan fingerprint density at radius 1 is 1.28 bits per heavy atom. The third kappa shape index (κ3) is 4.34. The van der Waals surface area contributed by atoms with Crippen molar-refractivity contribution in [1.82, 2.24) is 14.9 Å². The Balaban J connectivity index is 1.73. The molecule has 2 aliphatic rings. The number of rotatable bonds is 4. The molecule has 2 saturated heterocycles. The molecule has 1 aromatic carbocycles. The molecule has 3 rings (SSSR count). The summed E-state index contributed by atoms with van der Waals surface area (Å²) in [5.74, 6) is -3.16. The fraction of sp³-hybridized carbons (Fsp3) is 0.562. The molecule has 0 aliphatic carbocycles. The monoisotopic (exact) mass is 373 g/mol. The molecule has 2 aliphatic heterocycles. The Labute approximate surface area is 145 Å². The first-order chi connectivity index (χ1) is 11.8. The highest BCUT2D eigenvalue weighted by molar-refractivity contribution is 7.89. The Morgan fingerprint density at radius 2 is 2.00 bits per heavy atom. The number of piperidine rings is 1. The van der Waals surface area contributed by atoms with Crippen LogP contribution in [0.25, 0.3) is 0 Å². The highest BCUT2D eigenvalue weighted by Gasteiger charge is 2.36. The zero-order valence-electron chi connectivity index (χ0n) is 13.7. The number of carbonyl (C=O) groups excluding carboxylic acids is 1. The SMILES string of the molecule is O=C(c1cccc(S(=O)(=O)N[C@@H]2CCNC2)c1)N1CCC(F)(F)CC1. The van der Waals surface area contributed by atoms with E-state index < -0.39 is 21.9 Å². The topological polar surface area (TPSA) is 78.5 Å². The Hall–Kier alpha value is -1.58. The van der Waals surface area contributed by atoms with Crippen LogP contribution >= 0.6 is 0 Å². The quantitative estimate of drug-likeness (QED) is 0.831. The summed E-state index contributed by atoms with van der Waals surface area (Å²) in [7, 11) is -3.73. The van der Waals surface area contributed by atoms with Crippen LogP contribution in [0.2, 0.25) is 0 Å². The van der Waals surface area contributed by atoms with Crippen LogP contribution in [-0.4, -0.2) is 57.4 Å². The number of likely N-dealkylation sites (tertiary alicyclic amines) is 1. The fourth-order valence-electron chi connectivity index (χ4n) is 3.06. The predicted octanol–water partition coefficient (Wildman–Crippen LogP) is 1.20. The molecular formula is C16H21F2N3O3S. The Kier molecular flexibility index (Phi) is 5.08. The van der Waals surface area contributed by atoms with E-state index in [1.807, 2.05) is 0 Å². The van der Waals surface area contributed by atoms with Crippen molar-refractivity contribution in [3.05, 3.63) is 29.8 Å². The van der Waals surface area contributed by atoms with Gasteiger partial charge >= 0.3 is 0 Å². The molecule has 0 unspecified atom stereocenters. The van der Waals surface area contributed by atoms with Gasteiger partial charge < -0.3 is 10.2 Å². The molecule has 2 heterocycles. The number of nitrogens with zero attached hydrogens (tertiary/aromatic N) is 1. The van der Waals surface area contributed by atoms with Crippen LogP contribution in [0.1, 0.15) is 29.6 Å². The van der Waals surface area contributed by atoms with E-state index in [0.717, 1.165) is 6.54 Å². The van der Waals surface area contributed by atoms with Crippen LogP contribution in [-0.2, 0) is 10.0 Å². The van der Waals surface area contributed by atoms with Crippen molar-refractivity contribution in [2.45, 2.75) is 36.1 Å². The first-order valence-electron chi connectivity index (χ1n) is 8.27. The van der Waals surface area contributed by atoms with E-state index in [4.69, 9.17) is 0 Å². The number of hydrogen-bond donors (Lipinski definition) is 2. The fourth-order valence-corrected chi connectivity index (χ4v) is 4.37. The molecule has 0 saturated carbocycles. The summed E-state index contributed by atoms with van der Waals surface area (Å²) in [5.41, 5.74) is 0.192. The number of benzene rings is 1. The van der Waals surface area contributed by atoms with E-state index in [2.05, 4.69) is 10.0 Å². The smallest absolute Gasteiger partial charge is 0.253 e.